The van der Waals surface area contributed by atoms with Gasteiger partial charge in [0, 0.05) is 12.0 Å². The minimum atomic E-state index is -0.417. The molecule has 1 unspecified atom stereocenters. The molecule has 2 aromatic rings. The van der Waals surface area contributed by atoms with E-state index in [1.807, 2.05) is 31.2 Å². The maximum Gasteiger partial charge on any atom is 0.229 e. The molecule has 108 valence electrons. The molecule has 0 amide bonds. The number of aliphatic hydroxyl groups is 1. The lowest BCUT2D eigenvalue weighted by Crippen LogP contribution is -2.09. The first-order valence-electron chi connectivity index (χ1n) is 6.84. The van der Waals surface area contributed by atoms with Gasteiger partial charge in [-0.2, -0.15) is 4.98 Å². The highest BCUT2D eigenvalue weighted by Gasteiger charge is 2.13. The van der Waals surface area contributed by atoms with Crippen LogP contribution < -0.4 is 4.74 Å². The standard InChI is InChI=1S/C15H20N2O3/c1-3-6-12(18)10-15-16-14(17-20-15)9-11-7-4-5-8-13(11)19-2/h4-5,7-8,12,18H,3,6,9-10H2,1-2H3. The molecule has 0 bridgehead atoms. The summed E-state index contributed by atoms with van der Waals surface area (Å²) in [5, 5.41) is 13.7. The molecule has 1 aromatic carbocycles. The first-order valence-corrected chi connectivity index (χ1v) is 6.84. The van der Waals surface area contributed by atoms with Gasteiger partial charge in [0.2, 0.25) is 5.89 Å². The molecule has 0 spiro atoms. The Bertz CT molecular complexity index is 539. The molecule has 1 heterocycles. The third kappa shape index (κ3) is 3.81. The van der Waals surface area contributed by atoms with Crippen LogP contribution in [0.1, 0.15) is 37.0 Å². The van der Waals surface area contributed by atoms with Crippen molar-refractivity contribution in [3.05, 3.63) is 41.5 Å². The molecule has 5 heteroatoms. The van der Waals surface area contributed by atoms with Gasteiger partial charge in [-0.15, -0.1) is 0 Å². The van der Waals surface area contributed by atoms with E-state index >= 15 is 0 Å². The topological polar surface area (TPSA) is 68.4 Å². The number of aromatic nitrogens is 2. The average Bonchev–Trinajstić information content (AvgIpc) is 2.87. The van der Waals surface area contributed by atoms with Gasteiger partial charge in [-0.25, -0.2) is 0 Å². The largest absolute Gasteiger partial charge is 0.496 e. The lowest BCUT2D eigenvalue weighted by molar-refractivity contribution is 0.151. The molecular formula is C15H20N2O3. The second kappa shape index (κ2) is 7.05. The van der Waals surface area contributed by atoms with Crippen molar-refractivity contribution in [2.75, 3.05) is 7.11 Å². The van der Waals surface area contributed by atoms with Crippen LogP contribution in [0.4, 0.5) is 0 Å². The Hall–Kier alpha value is -1.88. The van der Waals surface area contributed by atoms with Gasteiger partial charge in [-0.3, -0.25) is 0 Å². The van der Waals surface area contributed by atoms with E-state index in [-0.39, 0.29) is 0 Å². The van der Waals surface area contributed by atoms with Crippen LogP contribution in [0.2, 0.25) is 0 Å². The number of nitrogens with zero attached hydrogens (tertiary/aromatic N) is 2. The van der Waals surface area contributed by atoms with Gasteiger partial charge in [0.05, 0.1) is 19.6 Å². The van der Waals surface area contributed by atoms with Gasteiger partial charge in [-0.05, 0) is 12.5 Å². The number of hydrogen-bond acceptors (Lipinski definition) is 5. The lowest BCUT2D eigenvalue weighted by Gasteiger charge is -2.05. The zero-order valence-electron chi connectivity index (χ0n) is 11.9. The Morgan fingerprint density at radius 2 is 2.15 bits per heavy atom. The summed E-state index contributed by atoms with van der Waals surface area (Å²) in [6, 6.07) is 7.75. The summed E-state index contributed by atoms with van der Waals surface area (Å²) in [6.45, 7) is 2.03. The van der Waals surface area contributed by atoms with Gasteiger partial charge in [0.25, 0.3) is 0 Å². The molecule has 2 rings (SSSR count). The third-order valence-electron chi connectivity index (χ3n) is 3.08. The second-order valence-corrected chi connectivity index (χ2v) is 4.74. The summed E-state index contributed by atoms with van der Waals surface area (Å²) in [7, 11) is 1.64. The highest BCUT2D eigenvalue weighted by molar-refractivity contribution is 5.35. The molecule has 0 aliphatic heterocycles. The first kappa shape index (κ1) is 14.5. The van der Waals surface area contributed by atoms with Crippen LogP contribution in [0.3, 0.4) is 0 Å². The Morgan fingerprint density at radius 3 is 2.90 bits per heavy atom. The third-order valence-corrected chi connectivity index (χ3v) is 3.08. The highest BCUT2D eigenvalue weighted by Crippen LogP contribution is 2.20. The number of para-hydroxylation sites is 1. The molecule has 0 aliphatic carbocycles. The molecular weight excluding hydrogens is 256 g/mol. The maximum absolute atomic E-state index is 9.74. The summed E-state index contributed by atoms with van der Waals surface area (Å²) in [5.41, 5.74) is 1.01. The van der Waals surface area contributed by atoms with Crippen molar-refractivity contribution in [3.8, 4) is 5.75 Å². The molecule has 1 atom stereocenters. The van der Waals surface area contributed by atoms with E-state index in [4.69, 9.17) is 9.26 Å². The van der Waals surface area contributed by atoms with Crippen LogP contribution in [-0.2, 0) is 12.8 Å². The normalized spacial score (nSPS) is 12.3. The van der Waals surface area contributed by atoms with E-state index in [0.717, 1.165) is 24.2 Å². The fraction of sp³-hybridized carbons (Fsp3) is 0.467. The average molecular weight is 276 g/mol. The van der Waals surface area contributed by atoms with Gasteiger partial charge in [0.1, 0.15) is 5.75 Å². The molecule has 0 saturated carbocycles. The SMILES string of the molecule is CCCC(O)Cc1nc(Cc2ccccc2OC)no1. The van der Waals surface area contributed by atoms with E-state index in [9.17, 15) is 5.11 Å². The van der Waals surface area contributed by atoms with Crippen LogP contribution in [-0.4, -0.2) is 28.5 Å². The predicted octanol–water partition coefficient (Wildman–Crippen LogP) is 2.37. The Morgan fingerprint density at radius 1 is 1.35 bits per heavy atom. The molecule has 1 aromatic heterocycles. The summed E-state index contributed by atoms with van der Waals surface area (Å²) >= 11 is 0. The fourth-order valence-electron chi connectivity index (χ4n) is 2.10. The Labute approximate surface area is 118 Å². The van der Waals surface area contributed by atoms with Crippen molar-refractivity contribution >= 4 is 0 Å². The monoisotopic (exact) mass is 276 g/mol. The minimum absolute atomic E-state index is 0.409. The van der Waals surface area contributed by atoms with E-state index < -0.39 is 6.10 Å². The van der Waals surface area contributed by atoms with Crippen molar-refractivity contribution in [1.82, 2.24) is 10.1 Å². The predicted molar refractivity (Wildman–Crippen MR) is 74.7 cm³/mol. The van der Waals surface area contributed by atoms with Gasteiger partial charge < -0.3 is 14.4 Å². The van der Waals surface area contributed by atoms with Crippen LogP contribution in [0.25, 0.3) is 0 Å². The van der Waals surface area contributed by atoms with Crippen molar-refractivity contribution in [3.63, 3.8) is 0 Å². The molecule has 0 aliphatic rings. The lowest BCUT2D eigenvalue weighted by atomic mass is 10.1. The first-order chi connectivity index (χ1) is 9.72. The van der Waals surface area contributed by atoms with Crippen molar-refractivity contribution in [2.24, 2.45) is 0 Å². The van der Waals surface area contributed by atoms with E-state index in [1.54, 1.807) is 7.11 Å². The quantitative estimate of drug-likeness (QED) is 0.840. The van der Waals surface area contributed by atoms with Crippen molar-refractivity contribution in [2.45, 2.75) is 38.7 Å². The Balaban J connectivity index is 2.02. The van der Waals surface area contributed by atoms with E-state index in [1.165, 1.54) is 0 Å². The molecule has 0 saturated heterocycles. The molecule has 20 heavy (non-hydrogen) atoms. The van der Waals surface area contributed by atoms with Crippen molar-refractivity contribution < 1.29 is 14.4 Å². The molecule has 0 fully saturated rings. The van der Waals surface area contributed by atoms with Gasteiger partial charge >= 0.3 is 0 Å². The zero-order valence-corrected chi connectivity index (χ0v) is 11.9. The summed E-state index contributed by atoms with van der Waals surface area (Å²) in [6.07, 6.45) is 2.22. The van der Waals surface area contributed by atoms with E-state index in [2.05, 4.69) is 10.1 Å². The number of benzene rings is 1. The molecule has 0 radical (unpaired) electrons. The number of methoxy groups -OCH3 is 1. The second-order valence-electron chi connectivity index (χ2n) is 4.74. The minimum Gasteiger partial charge on any atom is -0.496 e. The van der Waals surface area contributed by atoms with Gasteiger partial charge in [-0.1, -0.05) is 36.7 Å². The summed E-state index contributed by atoms with van der Waals surface area (Å²) < 4.78 is 10.5. The Kier molecular flexibility index (Phi) is 5.12. The number of hydrogen-bond donors (Lipinski definition) is 1. The summed E-state index contributed by atoms with van der Waals surface area (Å²) in [4.78, 5) is 4.31. The van der Waals surface area contributed by atoms with Crippen LogP contribution in [0, 0.1) is 0 Å². The number of rotatable bonds is 7. The fourth-order valence-corrected chi connectivity index (χ4v) is 2.10. The van der Waals surface area contributed by atoms with Gasteiger partial charge in [0.15, 0.2) is 5.82 Å². The zero-order chi connectivity index (χ0) is 14.4. The number of ether oxygens (including phenoxy) is 1. The smallest absolute Gasteiger partial charge is 0.229 e. The summed E-state index contributed by atoms with van der Waals surface area (Å²) in [5.74, 6) is 1.90. The number of aliphatic hydroxyl groups excluding tert-OH is 1. The van der Waals surface area contributed by atoms with Crippen LogP contribution in [0.15, 0.2) is 28.8 Å². The maximum atomic E-state index is 9.74. The highest BCUT2D eigenvalue weighted by atomic mass is 16.5. The van der Waals surface area contributed by atoms with Crippen LogP contribution >= 0.6 is 0 Å². The van der Waals surface area contributed by atoms with Crippen LogP contribution in [0.5, 0.6) is 5.75 Å². The van der Waals surface area contributed by atoms with Crippen molar-refractivity contribution in [1.29, 1.82) is 0 Å². The molecule has 5 nitrogen and oxygen atoms in total. The molecule has 1 N–H and O–H groups in total. The van der Waals surface area contributed by atoms with E-state index in [0.29, 0.717) is 24.6 Å².